The topological polar surface area (TPSA) is 54.0 Å². The Kier molecular flexibility index (Phi) is 5.44. The molecule has 0 fully saturated rings. The summed E-state index contributed by atoms with van der Waals surface area (Å²) in [5.41, 5.74) is 1.56. The molecular formula is C25H22O5. The Balaban J connectivity index is 1.87. The van der Waals surface area contributed by atoms with E-state index < -0.39 is 5.97 Å². The summed E-state index contributed by atoms with van der Waals surface area (Å²) in [7, 11) is 4.53. The molecule has 4 aromatic rings. The van der Waals surface area contributed by atoms with Crippen LogP contribution in [0.3, 0.4) is 0 Å². The van der Waals surface area contributed by atoms with E-state index in [0.717, 1.165) is 32.9 Å². The first-order valence-corrected chi connectivity index (χ1v) is 9.52. The molecule has 0 amide bonds. The number of carbonyl (C=O) groups excluding carboxylic acids is 1. The number of ether oxygens (including phenoxy) is 4. The van der Waals surface area contributed by atoms with Crippen LogP contribution in [0, 0.1) is 0 Å². The first-order chi connectivity index (χ1) is 14.6. The van der Waals surface area contributed by atoms with Gasteiger partial charge in [0, 0.05) is 5.39 Å². The second-order valence-electron chi connectivity index (χ2n) is 6.83. The Morgan fingerprint density at radius 3 is 2.13 bits per heavy atom. The van der Waals surface area contributed by atoms with Crippen molar-refractivity contribution in [3.63, 3.8) is 0 Å². The number of carbonyl (C=O) groups is 1. The quantitative estimate of drug-likeness (QED) is 0.320. The number of methoxy groups -OCH3 is 3. The molecule has 30 heavy (non-hydrogen) atoms. The lowest BCUT2D eigenvalue weighted by Gasteiger charge is -2.15. The fourth-order valence-corrected chi connectivity index (χ4v) is 3.56. The van der Waals surface area contributed by atoms with E-state index in [4.69, 9.17) is 18.9 Å². The van der Waals surface area contributed by atoms with E-state index in [1.807, 2.05) is 60.7 Å². The summed E-state index contributed by atoms with van der Waals surface area (Å²) in [5, 5.41) is 3.44. The monoisotopic (exact) mass is 402 g/mol. The van der Waals surface area contributed by atoms with Gasteiger partial charge in [-0.05, 0) is 52.1 Å². The van der Waals surface area contributed by atoms with E-state index in [2.05, 4.69) is 0 Å². The van der Waals surface area contributed by atoms with Crippen molar-refractivity contribution < 1.29 is 23.7 Å². The van der Waals surface area contributed by atoms with Gasteiger partial charge in [-0.15, -0.1) is 0 Å². The lowest BCUT2D eigenvalue weighted by atomic mass is 9.96. The van der Waals surface area contributed by atoms with Crippen molar-refractivity contribution >= 4 is 27.5 Å². The van der Waals surface area contributed by atoms with Crippen molar-refractivity contribution in [1.29, 1.82) is 0 Å². The number of fused-ring (bicyclic) bond motifs is 3. The van der Waals surface area contributed by atoms with Gasteiger partial charge in [0.1, 0.15) is 12.4 Å². The maximum atomic E-state index is 12.4. The van der Waals surface area contributed by atoms with Crippen molar-refractivity contribution in [1.82, 2.24) is 0 Å². The predicted octanol–water partition coefficient (Wildman–Crippen LogP) is 5.38. The molecule has 4 rings (SSSR count). The zero-order valence-corrected chi connectivity index (χ0v) is 17.1. The molecule has 0 aliphatic carbocycles. The normalized spacial score (nSPS) is 10.8. The molecule has 5 nitrogen and oxygen atoms in total. The van der Waals surface area contributed by atoms with Gasteiger partial charge >= 0.3 is 5.97 Å². The Hall–Kier alpha value is -3.73. The molecule has 4 aromatic carbocycles. The zero-order chi connectivity index (χ0) is 21.1. The molecule has 0 aromatic heterocycles. The molecule has 0 saturated heterocycles. The van der Waals surface area contributed by atoms with Crippen LogP contribution in [0.15, 0.2) is 66.7 Å². The molecule has 0 bridgehead atoms. The Morgan fingerprint density at radius 1 is 0.767 bits per heavy atom. The SMILES string of the molecule is COC(=O)c1cc2ccc(OCc3ccccc3)cc2c2cc(OC)c(OC)cc12. The zero-order valence-electron chi connectivity index (χ0n) is 17.1. The molecule has 0 atom stereocenters. The minimum atomic E-state index is -0.404. The van der Waals surface area contributed by atoms with E-state index in [0.29, 0.717) is 23.7 Å². The van der Waals surface area contributed by atoms with Crippen molar-refractivity contribution in [2.75, 3.05) is 21.3 Å². The van der Waals surface area contributed by atoms with Gasteiger partial charge in [0.15, 0.2) is 11.5 Å². The summed E-state index contributed by atoms with van der Waals surface area (Å²) >= 11 is 0. The van der Waals surface area contributed by atoms with Gasteiger partial charge in [-0.1, -0.05) is 36.4 Å². The number of esters is 1. The molecule has 152 valence electrons. The van der Waals surface area contributed by atoms with Gasteiger partial charge in [0.25, 0.3) is 0 Å². The maximum absolute atomic E-state index is 12.4. The van der Waals surface area contributed by atoms with Crippen molar-refractivity contribution in [2.45, 2.75) is 6.61 Å². The highest BCUT2D eigenvalue weighted by molar-refractivity contribution is 6.17. The van der Waals surface area contributed by atoms with Crippen LogP contribution in [0.5, 0.6) is 17.2 Å². The summed E-state index contributed by atoms with van der Waals surface area (Å²) in [4.78, 5) is 12.4. The second-order valence-corrected chi connectivity index (χ2v) is 6.83. The average molecular weight is 402 g/mol. The molecule has 5 heteroatoms. The highest BCUT2D eigenvalue weighted by atomic mass is 16.5. The van der Waals surface area contributed by atoms with Crippen LogP contribution in [0.2, 0.25) is 0 Å². The number of benzene rings is 4. The van der Waals surface area contributed by atoms with Gasteiger partial charge < -0.3 is 18.9 Å². The first kappa shape index (κ1) is 19.6. The van der Waals surface area contributed by atoms with Crippen molar-refractivity contribution in [3.8, 4) is 17.2 Å². The van der Waals surface area contributed by atoms with Gasteiger partial charge in [-0.2, -0.15) is 0 Å². The van der Waals surface area contributed by atoms with Gasteiger partial charge in [0.05, 0.1) is 26.9 Å². The largest absolute Gasteiger partial charge is 0.493 e. The lowest BCUT2D eigenvalue weighted by molar-refractivity contribution is 0.0603. The third-order valence-electron chi connectivity index (χ3n) is 5.08. The Bertz CT molecular complexity index is 1210. The minimum absolute atomic E-state index is 0.404. The third kappa shape index (κ3) is 3.62. The van der Waals surface area contributed by atoms with Gasteiger partial charge in [-0.3, -0.25) is 0 Å². The van der Waals surface area contributed by atoms with Crippen LogP contribution in [0.1, 0.15) is 15.9 Å². The summed E-state index contributed by atoms with van der Waals surface area (Å²) in [6.07, 6.45) is 0. The fraction of sp³-hybridized carbons (Fsp3) is 0.160. The van der Waals surface area contributed by atoms with E-state index in [1.54, 1.807) is 20.3 Å². The lowest BCUT2D eigenvalue weighted by Crippen LogP contribution is -2.03. The molecule has 0 spiro atoms. The fourth-order valence-electron chi connectivity index (χ4n) is 3.56. The molecule has 0 N–H and O–H groups in total. The van der Waals surface area contributed by atoms with Crippen LogP contribution >= 0.6 is 0 Å². The van der Waals surface area contributed by atoms with Crippen LogP contribution < -0.4 is 14.2 Å². The highest BCUT2D eigenvalue weighted by Crippen LogP contribution is 2.39. The summed E-state index contributed by atoms with van der Waals surface area (Å²) in [6, 6.07) is 21.3. The molecule has 0 radical (unpaired) electrons. The van der Waals surface area contributed by atoms with E-state index in [9.17, 15) is 4.79 Å². The highest BCUT2D eigenvalue weighted by Gasteiger charge is 2.17. The van der Waals surface area contributed by atoms with Crippen LogP contribution in [-0.4, -0.2) is 27.3 Å². The van der Waals surface area contributed by atoms with Crippen molar-refractivity contribution in [2.24, 2.45) is 0 Å². The van der Waals surface area contributed by atoms with E-state index in [-0.39, 0.29) is 0 Å². The molecule has 0 aliphatic rings. The van der Waals surface area contributed by atoms with Gasteiger partial charge in [0.2, 0.25) is 0 Å². The average Bonchev–Trinajstić information content (AvgIpc) is 2.81. The number of rotatable bonds is 6. The van der Waals surface area contributed by atoms with Gasteiger partial charge in [-0.25, -0.2) is 4.79 Å². The third-order valence-corrected chi connectivity index (χ3v) is 5.08. The molecule has 0 unspecified atom stereocenters. The minimum Gasteiger partial charge on any atom is -0.493 e. The molecule has 0 heterocycles. The second kappa shape index (κ2) is 8.33. The summed E-state index contributed by atoms with van der Waals surface area (Å²) in [5.74, 6) is 1.47. The molecule has 0 aliphatic heterocycles. The van der Waals surface area contributed by atoms with Crippen LogP contribution in [-0.2, 0) is 11.3 Å². The van der Waals surface area contributed by atoms with E-state index >= 15 is 0 Å². The van der Waals surface area contributed by atoms with Crippen LogP contribution in [0.25, 0.3) is 21.5 Å². The van der Waals surface area contributed by atoms with E-state index in [1.165, 1.54) is 7.11 Å². The number of hydrogen-bond acceptors (Lipinski definition) is 5. The molecule has 0 saturated carbocycles. The molecular weight excluding hydrogens is 380 g/mol. The smallest absolute Gasteiger partial charge is 0.338 e. The standard InChI is InChI=1S/C25H22O5/c1-27-23-13-20-19-12-18(30-15-16-7-5-4-6-8-16)10-9-17(19)11-22(25(26)29-3)21(20)14-24(23)28-2/h4-14H,15H2,1-3H3. The van der Waals surface area contributed by atoms with Crippen molar-refractivity contribution in [3.05, 3.63) is 77.9 Å². The first-order valence-electron chi connectivity index (χ1n) is 9.52. The summed E-state index contributed by atoms with van der Waals surface area (Å²) < 4.78 is 21.9. The number of hydrogen-bond donors (Lipinski definition) is 0. The predicted molar refractivity (Wildman–Crippen MR) is 117 cm³/mol. The summed E-state index contributed by atoms with van der Waals surface area (Å²) in [6.45, 7) is 0.474. The maximum Gasteiger partial charge on any atom is 0.338 e. The Morgan fingerprint density at radius 2 is 1.47 bits per heavy atom. The Labute approximate surface area is 174 Å². The van der Waals surface area contributed by atoms with Crippen LogP contribution in [0.4, 0.5) is 0 Å².